The van der Waals surface area contributed by atoms with Crippen molar-refractivity contribution >= 4 is 10.0 Å². The molecule has 0 radical (unpaired) electrons. The van der Waals surface area contributed by atoms with Gasteiger partial charge in [0.2, 0.25) is 0 Å². The highest BCUT2D eigenvalue weighted by Gasteiger charge is 2.21. The van der Waals surface area contributed by atoms with Crippen molar-refractivity contribution < 1.29 is 8.42 Å². The third-order valence-electron chi connectivity index (χ3n) is 2.63. The van der Waals surface area contributed by atoms with E-state index in [0.29, 0.717) is 13.0 Å². The number of imidazole rings is 1. The van der Waals surface area contributed by atoms with Gasteiger partial charge in [-0.05, 0) is 24.1 Å². The Kier molecular flexibility index (Phi) is 3.73. The van der Waals surface area contributed by atoms with Crippen molar-refractivity contribution in [3.05, 3.63) is 42.6 Å². The summed E-state index contributed by atoms with van der Waals surface area (Å²) in [6.45, 7) is 0.408. The molecular formula is C11H14N4O2S. The van der Waals surface area contributed by atoms with Crippen molar-refractivity contribution in [1.29, 1.82) is 0 Å². The summed E-state index contributed by atoms with van der Waals surface area (Å²) >= 11 is 0. The Morgan fingerprint density at radius 3 is 2.61 bits per heavy atom. The molecule has 0 amide bonds. The first-order chi connectivity index (χ1) is 8.60. The molecule has 0 saturated heterocycles. The predicted molar refractivity (Wildman–Crippen MR) is 66.3 cm³/mol. The average Bonchev–Trinajstić information content (AvgIpc) is 2.91. The molecule has 0 aliphatic carbocycles. The molecule has 0 aliphatic heterocycles. The highest BCUT2D eigenvalue weighted by atomic mass is 32.2. The van der Waals surface area contributed by atoms with Crippen LogP contribution in [-0.2, 0) is 16.4 Å². The molecule has 0 saturated carbocycles. The fourth-order valence-corrected chi connectivity index (χ4v) is 2.57. The number of hydrogen-bond acceptors (Lipinski definition) is 4. The molecule has 0 aliphatic rings. The second-order valence-electron chi connectivity index (χ2n) is 3.85. The lowest BCUT2D eigenvalue weighted by molar-refractivity contribution is 0.470. The van der Waals surface area contributed by atoms with Gasteiger partial charge in [-0.3, -0.25) is 4.98 Å². The van der Waals surface area contributed by atoms with Gasteiger partial charge in [0.1, 0.15) is 0 Å². The van der Waals surface area contributed by atoms with Crippen LogP contribution in [-0.4, -0.2) is 41.3 Å². The molecule has 0 atom stereocenters. The van der Waals surface area contributed by atoms with Crippen LogP contribution >= 0.6 is 0 Å². The summed E-state index contributed by atoms with van der Waals surface area (Å²) < 4.78 is 25.4. The van der Waals surface area contributed by atoms with Gasteiger partial charge in [0.25, 0.3) is 10.0 Å². The molecular weight excluding hydrogens is 252 g/mol. The zero-order valence-corrected chi connectivity index (χ0v) is 10.8. The number of rotatable bonds is 5. The maximum atomic E-state index is 12.1. The molecule has 96 valence electrons. The normalized spacial score (nSPS) is 11.9. The van der Waals surface area contributed by atoms with Crippen LogP contribution < -0.4 is 0 Å². The Labute approximate surface area is 106 Å². The number of pyridine rings is 1. The number of sulfonamides is 1. The highest BCUT2D eigenvalue weighted by molar-refractivity contribution is 7.89. The zero-order valence-electron chi connectivity index (χ0n) is 9.94. The van der Waals surface area contributed by atoms with Crippen molar-refractivity contribution in [2.24, 2.45) is 0 Å². The predicted octanol–water partition coefficient (Wildman–Crippen LogP) is 0.668. The fourth-order valence-electron chi connectivity index (χ4n) is 1.51. The fraction of sp³-hybridized carbons (Fsp3) is 0.273. The minimum absolute atomic E-state index is 0.111. The second kappa shape index (κ2) is 5.28. The van der Waals surface area contributed by atoms with E-state index in [-0.39, 0.29) is 5.03 Å². The molecule has 1 N–H and O–H groups in total. The van der Waals surface area contributed by atoms with Gasteiger partial charge in [0.05, 0.1) is 12.5 Å². The molecule has 2 aromatic rings. The SMILES string of the molecule is CN(CCc1ccncc1)S(=O)(=O)c1cnc[nH]1. The Morgan fingerprint density at radius 1 is 1.28 bits per heavy atom. The van der Waals surface area contributed by atoms with Crippen molar-refractivity contribution in [2.75, 3.05) is 13.6 Å². The Hall–Kier alpha value is -1.73. The topological polar surface area (TPSA) is 79.0 Å². The summed E-state index contributed by atoms with van der Waals surface area (Å²) in [5.74, 6) is 0. The van der Waals surface area contributed by atoms with Crippen LogP contribution in [0.4, 0.5) is 0 Å². The number of aromatic nitrogens is 3. The van der Waals surface area contributed by atoms with Crippen molar-refractivity contribution in [1.82, 2.24) is 19.3 Å². The highest BCUT2D eigenvalue weighted by Crippen LogP contribution is 2.10. The Balaban J connectivity index is 2.03. The van der Waals surface area contributed by atoms with E-state index < -0.39 is 10.0 Å². The van der Waals surface area contributed by atoms with E-state index in [2.05, 4.69) is 15.0 Å². The molecule has 7 heteroatoms. The van der Waals surface area contributed by atoms with Gasteiger partial charge >= 0.3 is 0 Å². The maximum absolute atomic E-state index is 12.1. The lowest BCUT2D eigenvalue weighted by Gasteiger charge is -2.15. The van der Waals surface area contributed by atoms with E-state index in [0.717, 1.165) is 5.56 Å². The number of aromatic amines is 1. The van der Waals surface area contributed by atoms with Crippen molar-refractivity contribution in [2.45, 2.75) is 11.4 Å². The smallest absolute Gasteiger partial charge is 0.259 e. The minimum Gasteiger partial charge on any atom is -0.335 e. The first-order valence-electron chi connectivity index (χ1n) is 5.44. The van der Waals surface area contributed by atoms with Gasteiger partial charge in [-0.1, -0.05) is 0 Å². The van der Waals surface area contributed by atoms with Crippen LogP contribution in [0, 0.1) is 0 Å². The zero-order chi connectivity index (χ0) is 13.0. The molecule has 6 nitrogen and oxygen atoms in total. The summed E-state index contributed by atoms with van der Waals surface area (Å²) in [6.07, 6.45) is 6.69. The molecule has 0 bridgehead atoms. The molecule has 0 aromatic carbocycles. The van der Waals surface area contributed by atoms with E-state index in [1.165, 1.54) is 16.8 Å². The number of nitrogens with zero attached hydrogens (tertiary/aromatic N) is 3. The third kappa shape index (κ3) is 2.74. The lowest BCUT2D eigenvalue weighted by Crippen LogP contribution is -2.29. The maximum Gasteiger partial charge on any atom is 0.259 e. The summed E-state index contributed by atoms with van der Waals surface area (Å²) in [7, 11) is -1.91. The van der Waals surface area contributed by atoms with E-state index in [1.807, 2.05) is 12.1 Å². The van der Waals surface area contributed by atoms with Gasteiger partial charge in [-0.15, -0.1) is 0 Å². The van der Waals surface area contributed by atoms with Crippen LogP contribution in [0.25, 0.3) is 0 Å². The van der Waals surface area contributed by atoms with E-state index in [4.69, 9.17) is 0 Å². The van der Waals surface area contributed by atoms with E-state index in [9.17, 15) is 8.42 Å². The largest absolute Gasteiger partial charge is 0.335 e. The number of hydrogen-bond donors (Lipinski definition) is 1. The summed E-state index contributed by atoms with van der Waals surface area (Å²) in [4.78, 5) is 10.2. The second-order valence-corrected chi connectivity index (χ2v) is 5.86. The Morgan fingerprint density at radius 2 is 2.00 bits per heavy atom. The van der Waals surface area contributed by atoms with Crippen molar-refractivity contribution in [3.8, 4) is 0 Å². The summed E-state index contributed by atoms with van der Waals surface area (Å²) in [6, 6.07) is 3.74. The van der Waals surface area contributed by atoms with Gasteiger partial charge in [-0.25, -0.2) is 13.4 Å². The monoisotopic (exact) mass is 266 g/mol. The number of nitrogens with one attached hydrogen (secondary N) is 1. The third-order valence-corrected chi connectivity index (χ3v) is 4.41. The number of H-pyrrole nitrogens is 1. The summed E-state index contributed by atoms with van der Waals surface area (Å²) in [5.41, 5.74) is 1.05. The van der Waals surface area contributed by atoms with Crippen LogP contribution in [0.2, 0.25) is 0 Å². The molecule has 2 aromatic heterocycles. The average molecular weight is 266 g/mol. The first-order valence-corrected chi connectivity index (χ1v) is 6.88. The Bertz CT molecular complexity index is 581. The first kappa shape index (κ1) is 12.7. The van der Waals surface area contributed by atoms with E-state index >= 15 is 0 Å². The standard InChI is InChI=1S/C11H14N4O2S/c1-15(7-4-10-2-5-12-6-3-10)18(16,17)11-8-13-9-14-11/h2-3,5-6,8-9H,4,7H2,1H3,(H,13,14). The van der Waals surface area contributed by atoms with Gasteiger partial charge in [0.15, 0.2) is 5.03 Å². The van der Waals surface area contributed by atoms with Crippen molar-refractivity contribution in [3.63, 3.8) is 0 Å². The van der Waals surface area contributed by atoms with Gasteiger partial charge in [-0.2, -0.15) is 4.31 Å². The van der Waals surface area contributed by atoms with Gasteiger partial charge < -0.3 is 4.98 Å². The molecule has 0 spiro atoms. The molecule has 2 heterocycles. The van der Waals surface area contributed by atoms with Crippen LogP contribution in [0.5, 0.6) is 0 Å². The molecule has 2 rings (SSSR count). The minimum atomic E-state index is -3.47. The quantitative estimate of drug-likeness (QED) is 0.862. The van der Waals surface area contributed by atoms with E-state index in [1.54, 1.807) is 19.4 Å². The molecule has 0 fully saturated rings. The van der Waals surface area contributed by atoms with Crippen LogP contribution in [0.3, 0.4) is 0 Å². The van der Waals surface area contributed by atoms with Crippen LogP contribution in [0.1, 0.15) is 5.56 Å². The summed E-state index contributed by atoms with van der Waals surface area (Å²) in [5, 5.41) is 0.111. The van der Waals surface area contributed by atoms with Crippen LogP contribution in [0.15, 0.2) is 42.1 Å². The lowest BCUT2D eigenvalue weighted by atomic mass is 10.2. The number of likely N-dealkylation sites (N-methyl/N-ethyl adjacent to an activating group) is 1. The van der Waals surface area contributed by atoms with Gasteiger partial charge in [0, 0.05) is 26.0 Å². The molecule has 0 unspecified atom stereocenters. The molecule has 18 heavy (non-hydrogen) atoms.